The average Bonchev–Trinajstić information content (AvgIpc) is 3.19. The zero-order chi connectivity index (χ0) is 16.3. The topological polar surface area (TPSA) is 55.8 Å². The lowest BCUT2D eigenvalue weighted by atomic mass is 10.0. The number of hydrogen-bond donors (Lipinski definition) is 0. The van der Waals surface area contributed by atoms with E-state index >= 15 is 0 Å². The molecule has 2 fully saturated rings. The van der Waals surface area contributed by atoms with Gasteiger partial charge < -0.3 is 9.47 Å². The molecule has 2 saturated heterocycles. The maximum atomic E-state index is 12.7. The smallest absolute Gasteiger partial charge is 0.243 e. The van der Waals surface area contributed by atoms with Crippen LogP contribution in [0.3, 0.4) is 0 Å². The highest BCUT2D eigenvalue weighted by molar-refractivity contribution is 7.89. The Hall–Kier alpha value is -0.950. The molecule has 5 nitrogen and oxygen atoms in total. The summed E-state index contributed by atoms with van der Waals surface area (Å²) in [4.78, 5) is 0.400. The summed E-state index contributed by atoms with van der Waals surface area (Å²) in [6.07, 6.45) is 3.85. The zero-order valence-electron chi connectivity index (χ0n) is 13.6. The summed E-state index contributed by atoms with van der Waals surface area (Å²) in [6, 6.07) is 7.10. The summed E-state index contributed by atoms with van der Waals surface area (Å²) >= 11 is 0. The first kappa shape index (κ1) is 16.9. The molecule has 0 aromatic heterocycles. The largest absolute Gasteiger partial charge is 0.350 e. The van der Waals surface area contributed by atoms with Gasteiger partial charge in [-0.1, -0.05) is 17.7 Å². The minimum atomic E-state index is -3.35. The van der Waals surface area contributed by atoms with Gasteiger partial charge in [0, 0.05) is 13.1 Å². The van der Waals surface area contributed by atoms with E-state index in [-0.39, 0.29) is 6.29 Å². The van der Waals surface area contributed by atoms with Crippen LogP contribution in [0.4, 0.5) is 0 Å². The van der Waals surface area contributed by atoms with Crippen molar-refractivity contribution in [3.05, 3.63) is 29.8 Å². The van der Waals surface area contributed by atoms with Gasteiger partial charge in [0.05, 0.1) is 18.1 Å². The van der Waals surface area contributed by atoms with Gasteiger partial charge in [0.25, 0.3) is 0 Å². The van der Waals surface area contributed by atoms with Crippen LogP contribution in [0.1, 0.15) is 31.2 Å². The predicted octanol–water partition coefficient (Wildman–Crippen LogP) is 2.55. The van der Waals surface area contributed by atoms with E-state index < -0.39 is 10.0 Å². The molecule has 1 atom stereocenters. The van der Waals surface area contributed by atoms with Crippen molar-refractivity contribution in [3.63, 3.8) is 0 Å². The molecule has 0 spiro atoms. The Morgan fingerprint density at radius 2 is 1.83 bits per heavy atom. The second-order valence-electron chi connectivity index (χ2n) is 6.43. The van der Waals surface area contributed by atoms with Crippen LogP contribution in [0.15, 0.2) is 29.2 Å². The minimum Gasteiger partial charge on any atom is -0.350 e. The van der Waals surface area contributed by atoms with Crippen LogP contribution in [-0.4, -0.2) is 45.3 Å². The molecule has 0 radical (unpaired) electrons. The first-order valence-electron chi connectivity index (χ1n) is 8.36. The molecule has 1 aromatic carbocycles. The van der Waals surface area contributed by atoms with Crippen molar-refractivity contribution >= 4 is 10.0 Å². The zero-order valence-corrected chi connectivity index (χ0v) is 14.4. The SMILES string of the molecule is Cc1ccc(S(=O)(=O)N2CCC(CCCC3OCCO3)C2)cc1. The van der Waals surface area contributed by atoms with Gasteiger partial charge in [0.2, 0.25) is 10.0 Å². The third-order valence-electron chi connectivity index (χ3n) is 4.65. The van der Waals surface area contributed by atoms with Crippen LogP contribution in [0.25, 0.3) is 0 Å². The average molecular weight is 339 g/mol. The summed E-state index contributed by atoms with van der Waals surface area (Å²) in [7, 11) is -3.35. The van der Waals surface area contributed by atoms with E-state index in [2.05, 4.69) is 0 Å². The van der Waals surface area contributed by atoms with Crippen LogP contribution >= 0.6 is 0 Å². The molecule has 2 heterocycles. The molecule has 3 rings (SSSR count). The van der Waals surface area contributed by atoms with E-state index in [0.717, 1.165) is 31.2 Å². The number of nitrogens with zero attached hydrogens (tertiary/aromatic N) is 1. The van der Waals surface area contributed by atoms with Gasteiger partial charge in [-0.2, -0.15) is 4.31 Å². The standard InChI is InChI=1S/C17H25NO4S/c1-14-5-7-16(8-6-14)23(19,20)18-10-9-15(13-18)3-2-4-17-21-11-12-22-17/h5-8,15,17H,2-4,9-13H2,1H3. The Kier molecular flexibility index (Phi) is 5.36. The molecular weight excluding hydrogens is 314 g/mol. The number of hydrogen-bond acceptors (Lipinski definition) is 4. The molecule has 2 aliphatic heterocycles. The van der Waals surface area contributed by atoms with Gasteiger partial charge in [-0.15, -0.1) is 0 Å². The van der Waals surface area contributed by atoms with Crippen LogP contribution in [0.5, 0.6) is 0 Å². The van der Waals surface area contributed by atoms with E-state index in [1.165, 1.54) is 0 Å². The van der Waals surface area contributed by atoms with Gasteiger partial charge in [-0.3, -0.25) is 0 Å². The van der Waals surface area contributed by atoms with Crippen molar-refractivity contribution < 1.29 is 17.9 Å². The van der Waals surface area contributed by atoms with E-state index in [1.807, 2.05) is 19.1 Å². The van der Waals surface area contributed by atoms with E-state index in [0.29, 0.717) is 37.1 Å². The highest BCUT2D eigenvalue weighted by Crippen LogP contribution is 2.28. The van der Waals surface area contributed by atoms with Crippen LogP contribution in [0, 0.1) is 12.8 Å². The first-order valence-corrected chi connectivity index (χ1v) is 9.80. The number of aryl methyl sites for hydroxylation is 1. The predicted molar refractivity (Wildman–Crippen MR) is 87.6 cm³/mol. The van der Waals surface area contributed by atoms with Gasteiger partial charge in [-0.25, -0.2) is 8.42 Å². The van der Waals surface area contributed by atoms with Crippen molar-refractivity contribution in [2.24, 2.45) is 5.92 Å². The quantitative estimate of drug-likeness (QED) is 0.799. The molecule has 2 aliphatic rings. The fraction of sp³-hybridized carbons (Fsp3) is 0.647. The van der Waals surface area contributed by atoms with E-state index in [9.17, 15) is 8.42 Å². The van der Waals surface area contributed by atoms with Crippen molar-refractivity contribution in [3.8, 4) is 0 Å². The van der Waals surface area contributed by atoms with Crippen LogP contribution < -0.4 is 0 Å². The summed E-state index contributed by atoms with van der Waals surface area (Å²) in [5.41, 5.74) is 1.07. The molecule has 0 bridgehead atoms. The summed E-state index contributed by atoms with van der Waals surface area (Å²) < 4.78 is 37.8. The minimum absolute atomic E-state index is 0.0520. The summed E-state index contributed by atoms with van der Waals surface area (Å²) in [5.74, 6) is 0.441. The highest BCUT2D eigenvalue weighted by Gasteiger charge is 2.32. The monoisotopic (exact) mass is 339 g/mol. The van der Waals surface area contributed by atoms with Crippen LogP contribution in [0.2, 0.25) is 0 Å². The summed E-state index contributed by atoms with van der Waals surface area (Å²) in [5, 5.41) is 0. The van der Waals surface area contributed by atoms with Gasteiger partial charge in [-0.05, 0) is 50.7 Å². The maximum Gasteiger partial charge on any atom is 0.243 e. The van der Waals surface area contributed by atoms with Gasteiger partial charge in [0.15, 0.2) is 6.29 Å². The number of sulfonamides is 1. The first-order chi connectivity index (χ1) is 11.1. The van der Waals surface area contributed by atoms with Crippen molar-refractivity contribution in [2.75, 3.05) is 26.3 Å². The molecule has 0 aliphatic carbocycles. The fourth-order valence-electron chi connectivity index (χ4n) is 3.26. The summed E-state index contributed by atoms with van der Waals surface area (Å²) in [6.45, 7) is 4.59. The second kappa shape index (κ2) is 7.30. The highest BCUT2D eigenvalue weighted by atomic mass is 32.2. The molecule has 0 N–H and O–H groups in total. The van der Waals surface area contributed by atoms with E-state index in [4.69, 9.17) is 9.47 Å². The molecule has 1 aromatic rings. The second-order valence-corrected chi connectivity index (χ2v) is 8.37. The molecule has 1 unspecified atom stereocenters. The normalized spacial score (nSPS) is 23.6. The van der Waals surface area contributed by atoms with Crippen LogP contribution in [-0.2, 0) is 19.5 Å². The lowest BCUT2D eigenvalue weighted by molar-refractivity contribution is -0.0484. The Balaban J connectivity index is 1.51. The molecule has 6 heteroatoms. The maximum absolute atomic E-state index is 12.7. The third-order valence-corrected chi connectivity index (χ3v) is 6.53. The Morgan fingerprint density at radius 3 is 2.52 bits per heavy atom. The Labute approximate surface area is 138 Å². The lowest BCUT2D eigenvalue weighted by Crippen LogP contribution is -2.28. The third kappa shape index (κ3) is 4.12. The molecule has 128 valence electrons. The molecule has 0 amide bonds. The van der Waals surface area contributed by atoms with Crippen molar-refractivity contribution in [1.29, 1.82) is 0 Å². The Morgan fingerprint density at radius 1 is 1.13 bits per heavy atom. The number of benzene rings is 1. The van der Waals surface area contributed by atoms with Crippen molar-refractivity contribution in [2.45, 2.75) is 43.8 Å². The Bertz CT molecular complexity index is 608. The number of rotatable bonds is 6. The lowest BCUT2D eigenvalue weighted by Gasteiger charge is -2.17. The van der Waals surface area contributed by atoms with Gasteiger partial charge >= 0.3 is 0 Å². The van der Waals surface area contributed by atoms with E-state index in [1.54, 1.807) is 16.4 Å². The van der Waals surface area contributed by atoms with Crippen molar-refractivity contribution in [1.82, 2.24) is 4.31 Å². The van der Waals surface area contributed by atoms with Gasteiger partial charge in [0.1, 0.15) is 0 Å². The molecule has 0 saturated carbocycles. The molecular formula is C17H25NO4S. The fourth-order valence-corrected chi connectivity index (χ4v) is 4.79. The number of ether oxygens (including phenoxy) is 2. The molecule has 23 heavy (non-hydrogen) atoms.